The van der Waals surface area contributed by atoms with E-state index in [9.17, 15) is 4.79 Å². The SMILES string of the molecule is CC1NCCN(C(=O)C2CC2c2ccc(Cl)c(Cl)c2)C1C.Cl. The van der Waals surface area contributed by atoms with Crippen LogP contribution >= 0.6 is 35.6 Å². The van der Waals surface area contributed by atoms with Gasteiger partial charge in [0.1, 0.15) is 0 Å². The Hall–Kier alpha value is -0.480. The molecule has 2 aliphatic rings. The molecular formula is C16H21Cl3N2O. The van der Waals surface area contributed by atoms with Crippen LogP contribution in [0.1, 0.15) is 31.7 Å². The molecule has 0 radical (unpaired) electrons. The monoisotopic (exact) mass is 362 g/mol. The van der Waals surface area contributed by atoms with E-state index in [2.05, 4.69) is 19.2 Å². The van der Waals surface area contributed by atoms with Crippen molar-refractivity contribution < 1.29 is 4.79 Å². The minimum absolute atomic E-state index is 0. The lowest BCUT2D eigenvalue weighted by Crippen LogP contribution is -2.57. The topological polar surface area (TPSA) is 32.3 Å². The molecule has 122 valence electrons. The Bertz CT molecular complexity index is 566. The summed E-state index contributed by atoms with van der Waals surface area (Å²) in [5.41, 5.74) is 1.12. The van der Waals surface area contributed by atoms with Gasteiger partial charge in [-0.15, -0.1) is 12.4 Å². The van der Waals surface area contributed by atoms with Crippen molar-refractivity contribution in [3.8, 4) is 0 Å². The van der Waals surface area contributed by atoms with E-state index in [1.165, 1.54) is 0 Å². The predicted molar refractivity (Wildman–Crippen MR) is 93.2 cm³/mol. The number of nitrogens with one attached hydrogen (secondary N) is 1. The number of nitrogens with zero attached hydrogens (tertiary/aromatic N) is 1. The molecule has 6 heteroatoms. The number of rotatable bonds is 2. The minimum atomic E-state index is 0. The highest BCUT2D eigenvalue weighted by Crippen LogP contribution is 2.49. The molecule has 1 amide bonds. The van der Waals surface area contributed by atoms with Gasteiger partial charge in [-0.05, 0) is 43.9 Å². The molecule has 1 saturated heterocycles. The van der Waals surface area contributed by atoms with E-state index in [-0.39, 0.29) is 30.3 Å². The Morgan fingerprint density at radius 1 is 1.27 bits per heavy atom. The van der Waals surface area contributed by atoms with Crippen LogP contribution in [0.3, 0.4) is 0 Å². The molecule has 1 aliphatic carbocycles. The summed E-state index contributed by atoms with van der Waals surface area (Å²) in [6.07, 6.45) is 0.918. The van der Waals surface area contributed by atoms with Gasteiger partial charge in [0, 0.05) is 31.1 Å². The number of halogens is 3. The molecule has 3 nitrogen and oxygen atoms in total. The zero-order valence-electron chi connectivity index (χ0n) is 12.7. The molecular weight excluding hydrogens is 343 g/mol. The Morgan fingerprint density at radius 2 is 2.00 bits per heavy atom. The summed E-state index contributed by atoms with van der Waals surface area (Å²) < 4.78 is 0. The van der Waals surface area contributed by atoms with Crippen LogP contribution in [0.25, 0.3) is 0 Å². The van der Waals surface area contributed by atoms with Gasteiger partial charge in [0.15, 0.2) is 0 Å². The summed E-state index contributed by atoms with van der Waals surface area (Å²) >= 11 is 12.0. The van der Waals surface area contributed by atoms with Gasteiger partial charge >= 0.3 is 0 Å². The summed E-state index contributed by atoms with van der Waals surface area (Å²) in [7, 11) is 0. The van der Waals surface area contributed by atoms with E-state index >= 15 is 0 Å². The first-order valence-electron chi connectivity index (χ1n) is 7.48. The molecule has 3 rings (SSSR count). The van der Waals surface area contributed by atoms with Gasteiger partial charge in [0.2, 0.25) is 5.91 Å². The van der Waals surface area contributed by atoms with Crippen molar-refractivity contribution in [1.82, 2.24) is 10.2 Å². The van der Waals surface area contributed by atoms with E-state index in [4.69, 9.17) is 23.2 Å². The minimum Gasteiger partial charge on any atom is -0.337 e. The molecule has 4 unspecified atom stereocenters. The predicted octanol–water partition coefficient (Wildman–Crippen LogP) is 3.73. The summed E-state index contributed by atoms with van der Waals surface area (Å²) in [5, 5.41) is 4.54. The lowest BCUT2D eigenvalue weighted by molar-refractivity contribution is -0.136. The zero-order valence-corrected chi connectivity index (χ0v) is 15.0. The van der Waals surface area contributed by atoms with E-state index in [0.29, 0.717) is 22.0 Å². The largest absolute Gasteiger partial charge is 0.337 e. The first-order valence-corrected chi connectivity index (χ1v) is 8.23. The molecule has 1 heterocycles. The summed E-state index contributed by atoms with van der Waals surface area (Å²) in [6, 6.07) is 6.29. The number of hydrogen-bond acceptors (Lipinski definition) is 2. The average Bonchev–Trinajstić information content (AvgIpc) is 3.24. The number of benzene rings is 1. The first-order chi connectivity index (χ1) is 9.99. The van der Waals surface area contributed by atoms with Crippen molar-refractivity contribution >= 4 is 41.5 Å². The molecule has 0 aromatic heterocycles. The Labute approximate surface area is 147 Å². The fourth-order valence-electron chi connectivity index (χ4n) is 3.16. The van der Waals surface area contributed by atoms with Crippen molar-refractivity contribution in [2.45, 2.75) is 38.3 Å². The normalized spacial score (nSPS) is 30.6. The van der Waals surface area contributed by atoms with Gasteiger partial charge in [0.25, 0.3) is 0 Å². The number of carbonyl (C=O) groups excluding carboxylic acids is 1. The van der Waals surface area contributed by atoms with Crippen LogP contribution in [0.4, 0.5) is 0 Å². The molecule has 1 aliphatic heterocycles. The number of amides is 1. The Morgan fingerprint density at radius 3 is 2.68 bits per heavy atom. The van der Waals surface area contributed by atoms with Crippen LogP contribution in [0.15, 0.2) is 18.2 Å². The molecule has 4 atom stereocenters. The molecule has 1 aromatic carbocycles. The smallest absolute Gasteiger partial charge is 0.226 e. The maximum Gasteiger partial charge on any atom is 0.226 e. The van der Waals surface area contributed by atoms with Crippen LogP contribution in [-0.2, 0) is 4.79 Å². The second kappa shape index (κ2) is 6.96. The number of piperazine rings is 1. The van der Waals surface area contributed by atoms with Crippen LogP contribution in [0.2, 0.25) is 10.0 Å². The molecule has 0 spiro atoms. The second-order valence-corrected chi connectivity index (χ2v) is 6.95. The maximum absolute atomic E-state index is 12.7. The third kappa shape index (κ3) is 3.38. The lowest BCUT2D eigenvalue weighted by Gasteiger charge is -2.38. The van der Waals surface area contributed by atoms with Crippen molar-refractivity contribution in [2.24, 2.45) is 5.92 Å². The zero-order chi connectivity index (χ0) is 15.1. The van der Waals surface area contributed by atoms with Crippen LogP contribution < -0.4 is 5.32 Å². The van der Waals surface area contributed by atoms with Crippen molar-refractivity contribution in [3.63, 3.8) is 0 Å². The fourth-order valence-corrected chi connectivity index (χ4v) is 3.47. The van der Waals surface area contributed by atoms with E-state index in [1.807, 2.05) is 23.1 Å². The van der Waals surface area contributed by atoms with Crippen LogP contribution in [0, 0.1) is 5.92 Å². The third-order valence-electron chi connectivity index (χ3n) is 4.80. The molecule has 22 heavy (non-hydrogen) atoms. The lowest BCUT2D eigenvalue weighted by atomic mass is 10.0. The molecule has 0 bridgehead atoms. The van der Waals surface area contributed by atoms with Gasteiger partial charge in [-0.25, -0.2) is 0 Å². The standard InChI is InChI=1S/C16H20Cl2N2O.ClH/c1-9-10(2)20(6-5-19-9)16(21)13-8-12(13)11-3-4-14(17)15(18)7-11;/h3-4,7,9-10,12-13,19H,5-6,8H2,1-2H3;1H. The van der Waals surface area contributed by atoms with Crippen molar-refractivity contribution in [3.05, 3.63) is 33.8 Å². The van der Waals surface area contributed by atoms with Crippen LogP contribution in [0.5, 0.6) is 0 Å². The molecule has 1 saturated carbocycles. The summed E-state index contributed by atoms with van der Waals surface area (Å²) in [5.74, 6) is 0.687. The third-order valence-corrected chi connectivity index (χ3v) is 5.54. The number of carbonyl (C=O) groups is 1. The molecule has 1 N–H and O–H groups in total. The number of hydrogen-bond donors (Lipinski definition) is 1. The van der Waals surface area contributed by atoms with Gasteiger partial charge in [-0.2, -0.15) is 0 Å². The quantitative estimate of drug-likeness (QED) is 0.868. The summed E-state index contributed by atoms with van der Waals surface area (Å²) in [6.45, 7) is 5.93. The van der Waals surface area contributed by atoms with Crippen molar-refractivity contribution in [1.29, 1.82) is 0 Å². The van der Waals surface area contributed by atoms with Gasteiger partial charge in [-0.3, -0.25) is 4.79 Å². The van der Waals surface area contributed by atoms with Crippen molar-refractivity contribution in [2.75, 3.05) is 13.1 Å². The van der Waals surface area contributed by atoms with Gasteiger partial charge < -0.3 is 10.2 Å². The Kier molecular flexibility index (Phi) is 5.65. The fraction of sp³-hybridized carbons (Fsp3) is 0.562. The maximum atomic E-state index is 12.7. The van der Waals surface area contributed by atoms with E-state index in [1.54, 1.807) is 0 Å². The second-order valence-electron chi connectivity index (χ2n) is 6.14. The molecule has 2 fully saturated rings. The van der Waals surface area contributed by atoms with Crippen LogP contribution in [-0.4, -0.2) is 36.0 Å². The van der Waals surface area contributed by atoms with Gasteiger partial charge in [-0.1, -0.05) is 29.3 Å². The summed E-state index contributed by atoms with van der Waals surface area (Å²) in [4.78, 5) is 14.7. The van der Waals surface area contributed by atoms with E-state index < -0.39 is 0 Å². The first kappa shape index (κ1) is 17.9. The highest BCUT2D eigenvalue weighted by Gasteiger charge is 2.47. The highest BCUT2D eigenvalue weighted by molar-refractivity contribution is 6.42. The molecule has 1 aromatic rings. The Balaban J connectivity index is 0.00000176. The average molecular weight is 364 g/mol. The van der Waals surface area contributed by atoms with Gasteiger partial charge in [0.05, 0.1) is 10.0 Å². The van der Waals surface area contributed by atoms with E-state index in [0.717, 1.165) is 25.1 Å². The highest BCUT2D eigenvalue weighted by atomic mass is 35.5.